The van der Waals surface area contributed by atoms with Crippen molar-refractivity contribution >= 4 is 5.91 Å². The molecule has 0 bridgehead atoms. The van der Waals surface area contributed by atoms with Gasteiger partial charge in [-0.1, -0.05) is 0 Å². The molecule has 4 nitrogen and oxygen atoms in total. The number of nitrogens with one attached hydrogen (secondary N) is 1. The Morgan fingerprint density at radius 1 is 1.50 bits per heavy atom. The first-order valence-electron chi connectivity index (χ1n) is 4.38. The Hall–Kier alpha value is -0.610. The van der Waals surface area contributed by atoms with Gasteiger partial charge in [0.25, 0.3) is 0 Å². The average Bonchev–Trinajstić information content (AvgIpc) is 1.91. The van der Waals surface area contributed by atoms with E-state index in [-0.39, 0.29) is 11.9 Å². The van der Waals surface area contributed by atoms with Crippen molar-refractivity contribution in [2.24, 2.45) is 5.73 Å². The van der Waals surface area contributed by atoms with Crippen molar-refractivity contribution in [1.82, 2.24) is 5.32 Å². The molecule has 0 aromatic carbocycles. The molecule has 3 N–H and O–H groups in total. The molecule has 4 heteroatoms. The summed E-state index contributed by atoms with van der Waals surface area (Å²) in [5.74, 6) is 0.00190. The van der Waals surface area contributed by atoms with E-state index in [0.29, 0.717) is 13.2 Å². The summed E-state index contributed by atoms with van der Waals surface area (Å²) in [5.41, 5.74) is 5.26. The van der Waals surface area contributed by atoms with Crippen LogP contribution in [0.5, 0.6) is 0 Å². The normalized spacial score (nSPS) is 27.1. The summed E-state index contributed by atoms with van der Waals surface area (Å²) < 4.78 is 4.94. The molecule has 1 heterocycles. The lowest BCUT2D eigenvalue weighted by Crippen LogP contribution is -2.62. The fraction of sp³-hybridized carbons (Fsp3) is 0.875. The van der Waals surface area contributed by atoms with Crippen LogP contribution in [-0.2, 0) is 9.53 Å². The average molecular weight is 170 g/mol. The van der Waals surface area contributed by atoms with Crippen LogP contribution in [0.4, 0.5) is 0 Å². The number of hydrogen-bond donors (Lipinski definition) is 2. The van der Waals surface area contributed by atoms with Crippen molar-refractivity contribution in [3.63, 3.8) is 0 Å². The van der Waals surface area contributed by atoms with E-state index >= 15 is 0 Å². The smallest absolute Gasteiger partial charge is 0.240 e. The summed E-state index contributed by atoms with van der Waals surface area (Å²) in [7, 11) is 0. The second kappa shape index (κ2) is 2.71. The maximum absolute atomic E-state index is 11.5. The van der Waals surface area contributed by atoms with Crippen molar-refractivity contribution in [2.75, 3.05) is 13.2 Å². The first-order valence-corrected chi connectivity index (χ1v) is 4.38. The van der Waals surface area contributed by atoms with Gasteiger partial charge < -0.3 is 15.8 Å². The van der Waals surface area contributed by atoms with Gasteiger partial charge in [0.15, 0.2) is 0 Å². The third kappa shape index (κ3) is 1.21. The van der Waals surface area contributed by atoms with Crippen molar-refractivity contribution in [3.8, 4) is 0 Å². The SMILES string of the molecule is NC1(C(=O)NC2COC2)CCC1. The summed E-state index contributed by atoms with van der Waals surface area (Å²) in [6, 6.07) is 0.207. The first kappa shape index (κ1) is 8.01. The molecule has 0 atom stereocenters. The number of rotatable bonds is 2. The molecule has 2 fully saturated rings. The second-order valence-electron chi connectivity index (χ2n) is 3.72. The first-order chi connectivity index (χ1) is 5.71. The number of ether oxygens (including phenoxy) is 1. The number of carbonyl (C=O) groups excluding carboxylic acids is 1. The Morgan fingerprint density at radius 3 is 2.50 bits per heavy atom. The minimum Gasteiger partial charge on any atom is -0.377 e. The summed E-state index contributed by atoms with van der Waals surface area (Å²) in [5, 5.41) is 2.87. The van der Waals surface area contributed by atoms with Gasteiger partial charge in [-0.3, -0.25) is 4.79 Å². The van der Waals surface area contributed by atoms with Crippen LogP contribution in [0.15, 0.2) is 0 Å². The molecule has 1 saturated heterocycles. The summed E-state index contributed by atoms with van der Waals surface area (Å²) in [6.45, 7) is 1.28. The molecule has 1 aliphatic carbocycles. The molecule has 1 aliphatic heterocycles. The van der Waals surface area contributed by atoms with Gasteiger partial charge in [-0.05, 0) is 19.3 Å². The van der Waals surface area contributed by atoms with E-state index in [1.807, 2.05) is 0 Å². The zero-order chi connectivity index (χ0) is 8.60. The molecule has 2 aliphatic rings. The highest BCUT2D eigenvalue weighted by Crippen LogP contribution is 2.29. The van der Waals surface area contributed by atoms with Gasteiger partial charge in [0.2, 0.25) is 5.91 Å². The predicted octanol–water partition coefficient (Wildman–Crippen LogP) is -0.617. The summed E-state index contributed by atoms with van der Waals surface area (Å²) >= 11 is 0. The van der Waals surface area contributed by atoms with Crippen LogP contribution >= 0.6 is 0 Å². The molecule has 0 aromatic rings. The molecule has 0 spiro atoms. The van der Waals surface area contributed by atoms with Gasteiger partial charge in [-0.2, -0.15) is 0 Å². The molecular formula is C8H14N2O2. The zero-order valence-electron chi connectivity index (χ0n) is 7.01. The Morgan fingerprint density at radius 2 is 2.17 bits per heavy atom. The lowest BCUT2D eigenvalue weighted by molar-refractivity contribution is -0.133. The lowest BCUT2D eigenvalue weighted by Gasteiger charge is -2.38. The molecule has 12 heavy (non-hydrogen) atoms. The summed E-state index contributed by atoms with van der Waals surface area (Å²) in [6.07, 6.45) is 2.73. The molecule has 0 radical (unpaired) electrons. The number of carbonyl (C=O) groups is 1. The Kier molecular flexibility index (Phi) is 1.81. The van der Waals surface area contributed by atoms with Crippen molar-refractivity contribution < 1.29 is 9.53 Å². The predicted molar refractivity (Wildman–Crippen MR) is 43.5 cm³/mol. The number of amides is 1. The standard InChI is InChI=1S/C8H14N2O2/c9-8(2-1-3-8)7(11)10-6-4-12-5-6/h6H,1-5,9H2,(H,10,11). The van der Waals surface area contributed by atoms with Crippen LogP contribution in [0, 0.1) is 0 Å². The van der Waals surface area contributed by atoms with Gasteiger partial charge in [0.05, 0.1) is 24.8 Å². The van der Waals surface area contributed by atoms with E-state index in [4.69, 9.17) is 10.5 Å². The lowest BCUT2D eigenvalue weighted by atomic mass is 9.77. The minimum atomic E-state index is -0.560. The van der Waals surface area contributed by atoms with Crippen LogP contribution in [0.25, 0.3) is 0 Å². The largest absolute Gasteiger partial charge is 0.377 e. The minimum absolute atomic E-state index is 0.00190. The molecule has 2 rings (SSSR count). The van der Waals surface area contributed by atoms with Crippen LogP contribution in [0.3, 0.4) is 0 Å². The summed E-state index contributed by atoms with van der Waals surface area (Å²) in [4.78, 5) is 11.5. The van der Waals surface area contributed by atoms with Crippen LogP contribution < -0.4 is 11.1 Å². The van der Waals surface area contributed by atoms with Crippen molar-refractivity contribution in [1.29, 1.82) is 0 Å². The Bertz CT molecular complexity index is 197. The third-order valence-corrected chi connectivity index (χ3v) is 2.67. The van der Waals surface area contributed by atoms with Gasteiger partial charge in [0, 0.05) is 0 Å². The zero-order valence-corrected chi connectivity index (χ0v) is 7.01. The number of nitrogens with two attached hydrogens (primary N) is 1. The van der Waals surface area contributed by atoms with Crippen molar-refractivity contribution in [2.45, 2.75) is 30.8 Å². The molecule has 0 unspecified atom stereocenters. The van der Waals surface area contributed by atoms with E-state index in [9.17, 15) is 4.79 Å². The highest BCUT2D eigenvalue weighted by Gasteiger charge is 2.41. The fourth-order valence-corrected chi connectivity index (χ4v) is 1.43. The molecular weight excluding hydrogens is 156 g/mol. The molecule has 0 aromatic heterocycles. The Balaban J connectivity index is 1.82. The third-order valence-electron chi connectivity index (χ3n) is 2.67. The van der Waals surface area contributed by atoms with E-state index in [1.165, 1.54) is 0 Å². The van der Waals surface area contributed by atoms with E-state index in [2.05, 4.69) is 5.32 Å². The van der Waals surface area contributed by atoms with E-state index < -0.39 is 5.54 Å². The van der Waals surface area contributed by atoms with E-state index in [1.54, 1.807) is 0 Å². The van der Waals surface area contributed by atoms with Crippen molar-refractivity contribution in [3.05, 3.63) is 0 Å². The van der Waals surface area contributed by atoms with Crippen LogP contribution in [0.1, 0.15) is 19.3 Å². The monoisotopic (exact) mass is 170 g/mol. The van der Waals surface area contributed by atoms with Crippen LogP contribution in [-0.4, -0.2) is 30.7 Å². The highest BCUT2D eigenvalue weighted by atomic mass is 16.5. The van der Waals surface area contributed by atoms with Gasteiger partial charge in [0.1, 0.15) is 0 Å². The Labute approximate surface area is 71.4 Å². The topological polar surface area (TPSA) is 64.4 Å². The maximum Gasteiger partial charge on any atom is 0.240 e. The quantitative estimate of drug-likeness (QED) is 0.580. The van der Waals surface area contributed by atoms with E-state index in [0.717, 1.165) is 19.3 Å². The van der Waals surface area contributed by atoms with Gasteiger partial charge in [-0.15, -0.1) is 0 Å². The fourth-order valence-electron chi connectivity index (χ4n) is 1.43. The maximum atomic E-state index is 11.5. The van der Waals surface area contributed by atoms with Crippen LogP contribution in [0.2, 0.25) is 0 Å². The highest BCUT2D eigenvalue weighted by molar-refractivity contribution is 5.87. The molecule has 1 saturated carbocycles. The molecule has 1 amide bonds. The van der Waals surface area contributed by atoms with Gasteiger partial charge in [-0.25, -0.2) is 0 Å². The molecule has 68 valence electrons. The second-order valence-corrected chi connectivity index (χ2v) is 3.72. The van der Waals surface area contributed by atoms with Gasteiger partial charge >= 0.3 is 0 Å². The number of hydrogen-bond acceptors (Lipinski definition) is 3.